The van der Waals surface area contributed by atoms with E-state index in [1.807, 2.05) is 0 Å². The van der Waals surface area contributed by atoms with Crippen LogP contribution in [0.2, 0.25) is 0 Å². The predicted octanol–water partition coefficient (Wildman–Crippen LogP) is 1.13. The van der Waals surface area contributed by atoms with Gasteiger partial charge in [-0.3, -0.25) is 24.7 Å². The Morgan fingerprint density at radius 2 is 1.68 bits per heavy atom. The number of amides is 7. The first-order valence-corrected chi connectivity index (χ1v) is 10.5. The molecule has 4 rings (SSSR count). The van der Waals surface area contributed by atoms with Crippen LogP contribution in [0.15, 0.2) is 30.3 Å². The van der Waals surface area contributed by atoms with E-state index < -0.39 is 35.0 Å². The van der Waals surface area contributed by atoms with Crippen LogP contribution >= 0.6 is 0 Å². The van der Waals surface area contributed by atoms with E-state index in [2.05, 4.69) is 16.1 Å². The van der Waals surface area contributed by atoms with Gasteiger partial charge in [0.15, 0.2) is 0 Å². The molecule has 10 nitrogen and oxygen atoms in total. The van der Waals surface area contributed by atoms with E-state index in [1.165, 1.54) is 0 Å². The molecule has 3 aliphatic rings. The molecule has 0 unspecified atom stereocenters. The molecule has 2 saturated heterocycles. The molecule has 7 amide bonds. The van der Waals surface area contributed by atoms with Crippen LogP contribution in [-0.4, -0.2) is 51.8 Å². The average Bonchev–Trinajstić information content (AvgIpc) is 3.40. The van der Waals surface area contributed by atoms with Crippen LogP contribution in [-0.2, 0) is 19.9 Å². The summed E-state index contributed by atoms with van der Waals surface area (Å²) in [5.74, 6) is -1.54. The van der Waals surface area contributed by atoms with Crippen molar-refractivity contribution in [1.29, 1.82) is 0 Å². The quantitative estimate of drug-likeness (QED) is 0.587. The molecule has 2 aliphatic heterocycles. The number of carbonyl (C=O) groups excluding carboxylic acids is 5. The molecule has 3 fully saturated rings. The first-order valence-electron chi connectivity index (χ1n) is 10.5. The Bertz CT molecular complexity index is 943. The Labute approximate surface area is 179 Å². The van der Waals surface area contributed by atoms with Gasteiger partial charge in [0, 0.05) is 13.0 Å². The fourth-order valence-corrected chi connectivity index (χ4v) is 4.63. The van der Waals surface area contributed by atoms with Gasteiger partial charge in [-0.15, -0.1) is 0 Å². The Hall–Kier alpha value is -3.43. The number of nitrogens with zero attached hydrogens (tertiary/aromatic N) is 2. The highest BCUT2D eigenvalue weighted by molar-refractivity contribution is 6.09. The van der Waals surface area contributed by atoms with Crippen molar-refractivity contribution in [2.45, 2.75) is 56.5 Å². The number of hydrogen-bond acceptors (Lipinski definition) is 5. The standard InChI is InChI=1S/C21H25N5O5/c1-2-21(14-8-4-3-5-9-14)17(29)26(19(31)23-21)24-15(27)10-13-25-16(28)20(22-18(25)30)11-6-7-12-20/h3-5,8-9H,2,6-7,10-13H2,1H3,(H,22,30)(H,23,31)(H,24,27)/t21-/m1/s1. The lowest BCUT2D eigenvalue weighted by molar-refractivity contribution is -0.140. The van der Waals surface area contributed by atoms with Crippen molar-refractivity contribution in [3.63, 3.8) is 0 Å². The molecule has 1 aromatic rings. The molecule has 2 heterocycles. The number of carbonyl (C=O) groups is 5. The number of hydrogen-bond donors (Lipinski definition) is 3. The number of urea groups is 2. The zero-order valence-electron chi connectivity index (χ0n) is 17.3. The maximum atomic E-state index is 13.0. The van der Waals surface area contributed by atoms with E-state index in [0.717, 1.165) is 17.7 Å². The summed E-state index contributed by atoms with van der Waals surface area (Å²) >= 11 is 0. The first kappa shape index (κ1) is 20.8. The van der Waals surface area contributed by atoms with Crippen LogP contribution in [0, 0.1) is 0 Å². The minimum absolute atomic E-state index is 0.125. The molecule has 1 spiro atoms. The highest BCUT2D eigenvalue weighted by atomic mass is 16.2. The fraction of sp³-hybridized carbons (Fsp3) is 0.476. The van der Waals surface area contributed by atoms with Crippen LogP contribution in [0.1, 0.15) is 51.0 Å². The van der Waals surface area contributed by atoms with Gasteiger partial charge >= 0.3 is 12.1 Å². The van der Waals surface area contributed by atoms with Gasteiger partial charge in [-0.2, -0.15) is 5.01 Å². The van der Waals surface area contributed by atoms with Gasteiger partial charge in [0.2, 0.25) is 5.91 Å². The average molecular weight is 427 g/mol. The number of hydrazine groups is 1. The monoisotopic (exact) mass is 427 g/mol. The summed E-state index contributed by atoms with van der Waals surface area (Å²) in [5.41, 5.74) is 0.837. The number of nitrogens with one attached hydrogen (secondary N) is 3. The SMILES string of the molecule is CC[C@]1(c2ccccc2)NC(=O)N(NC(=O)CCN2C(=O)NC3(CCCC3)C2=O)C1=O. The van der Waals surface area contributed by atoms with Crippen molar-refractivity contribution in [3.05, 3.63) is 35.9 Å². The second-order valence-electron chi connectivity index (χ2n) is 8.16. The molecule has 0 bridgehead atoms. The van der Waals surface area contributed by atoms with Gasteiger partial charge in [-0.1, -0.05) is 50.1 Å². The third-order valence-electron chi connectivity index (χ3n) is 6.39. The zero-order valence-corrected chi connectivity index (χ0v) is 17.3. The molecule has 3 N–H and O–H groups in total. The Morgan fingerprint density at radius 1 is 1.00 bits per heavy atom. The van der Waals surface area contributed by atoms with Crippen LogP contribution in [0.3, 0.4) is 0 Å². The maximum absolute atomic E-state index is 13.0. The summed E-state index contributed by atoms with van der Waals surface area (Å²) in [6.45, 7) is 1.65. The smallest absolute Gasteiger partial charge is 0.323 e. The topological polar surface area (TPSA) is 128 Å². The van der Waals surface area contributed by atoms with Crippen molar-refractivity contribution in [2.75, 3.05) is 6.54 Å². The first-order chi connectivity index (χ1) is 14.8. The van der Waals surface area contributed by atoms with E-state index in [-0.39, 0.29) is 18.9 Å². The van der Waals surface area contributed by atoms with E-state index in [1.54, 1.807) is 37.3 Å². The zero-order chi connectivity index (χ0) is 22.2. The molecule has 1 aromatic carbocycles. The third kappa shape index (κ3) is 3.31. The van der Waals surface area contributed by atoms with E-state index in [4.69, 9.17) is 0 Å². The molecular weight excluding hydrogens is 402 g/mol. The van der Waals surface area contributed by atoms with Crippen molar-refractivity contribution in [2.24, 2.45) is 0 Å². The molecule has 1 atom stereocenters. The molecule has 1 saturated carbocycles. The predicted molar refractivity (Wildman–Crippen MR) is 108 cm³/mol. The summed E-state index contributed by atoms with van der Waals surface area (Å²) in [5, 5.41) is 6.10. The van der Waals surface area contributed by atoms with Gasteiger partial charge < -0.3 is 10.6 Å². The largest absolute Gasteiger partial charge is 0.344 e. The lowest BCUT2D eigenvalue weighted by Gasteiger charge is -2.25. The normalized spacial score (nSPS) is 24.7. The lowest BCUT2D eigenvalue weighted by atomic mass is 9.87. The summed E-state index contributed by atoms with van der Waals surface area (Å²) in [6, 6.07) is 7.57. The molecule has 1 aliphatic carbocycles. The third-order valence-corrected chi connectivity index (χ3v) is 6.39. The Morgan fingerprint density at radius 3 is 2.32 bits per heavy atom. The van der Waals surface area contributed by atoms with Crippen LogP contribution in [0.5, 0.6) is 0 Å². The highest BCUT2D eigenvalue weighted by Crippen LogP contribution is 2.35. The van der Waals surface area contributed by atoms with E-state index in [9.17, 15) is 24.0 Å². The lowest BCUT2D eigenvalue weighted by Crippen LogP contribution is -2.49. The molecule has 31 heavy (non-hydrogen) atoms. The minimum atomic E-state index is -1.26. The van der Waals surface area contributed by atoms with Gasteiger partial charge in [-0.25, -0.2) is 9.59 Å². The summed E-state index contributed by atoms with van der Waals surface area (Å²) in [4.78, 5) is 63.9. The minimum Gasteiger partial charge on any atom is -0.323 e. The second-order valence-corrected chi connectivity index (χ2v) is 8.16. The van der Waals surface area contributed by atoms with E-state index >= 15 is 0 Å². The van der Waals surface area contributed by atoms with Crippen molar-refractivity contribution in [1.82, 2.24) is 26.0 Å². The van der Waals surface area contributed by atoms with Crippen LogP contribution in [0.25, 0.3) is 0 Å². The van der Waals surface area contributed by atoms with Gasteiger partial charge in [0.25, 0.3) is 11.8 Å². The van der Waals surface area contributed by atoms with Gasteiger partial charge in [0.1, 0.15) is 11.1 Å². The molecule has 0 radical (unpaired) electrons. The molecular formula is C21H25N5O5. The highest BCUT2D eigenvalue weighted by Gasteiger charge is 2.53. The molecule has 164 valence electrons. The summed E-state index contributed by atoms with van der Waals surface area (Å²) in [6.07, 6.45) is 3.01. The van der Waals surface area contributed by atoms with E-state index in [0.29, 0.717) is 29.8 Å². The van der Waals surface area contributed by atoms with Crippen molar-refractivity contribution >= 4 is 29.8 Å². The summed E-state index contributed by atoms with van der Waals surface area (Å²) in [7, 11) is 0. The van der Waals surface area contributed by atoms with Crippen molar-refractivity contribution in [3.8, 4) is 0 Å². The Kier molecular flexibility index (Phi) is 5.16. The van der Waals surface area contributed by atoms with Gasteiger partial charge in [0.05, 0.1) is 0 Å². The number of rotatable bonds is 6. The Balaban J connectivity index is 1.40. The van der Waals surface area contributed by atoms with Crippen LogP contribution < -0.4 is 16.1 Å². The molecule has 10 heteroatoms. The second kappa shape index (κ2) is 7.68. The summed E-state index contributed by atoms with van der Waals surface area (Å²) < 4.78 is 0. The number of imide groups is 2. The number of benzene rings is 1. The fourth-order valence-electron chi connectivity index (χ4n) is 4.63. The van der Waals surface area contributed by atoms with Crippen molar-refractivity contribution < 1.29 is 24.0 Å². The van der Waals surface area contributed by atoms with Crippen LogP contribution in [0.4, 0.5) is 9.59 Å². The molecule has 0 aromatic heterocycles. The van der Waals surface area contributed by atoms with Gasteiger partial charge in [-0.05, 0) is 24.8 Å². The maximum Gasteiger partial charge on any atom is 0.344 e.